The maximum Gasteiger partial charge on any atom is 0.275 e. The number of aromatic nitrogens is 2. The van der Waals surface area contributed by atoms with Crippen molar-refractivity contribution in [3.8, 4) is 0 Å². The quantitative estimate of drug-likeness (QED) is 0.777. The first-order chi connectivity index (χ1) is 14.0. The molecule has 29 heavy (non-hydrogen) atoms. The van der Waals surface area contributed by atoms with E-state index < -0.39 is 6.04 Å². The number of nitrogens with zero attached hydrogens (tertiary/aromatic N) is 2. The normalized spacial score (nSPS) is 25.4. The standard InChI is InChI=1S/C22H26N4O3/c1-14(26-22(29)17-10-6-5-9-16(17)13-23-26)21(28)24-18-11-12-19(27)25-20(18)15-7-3-2-4-8-15/h2-3,5-6,9-10,13-15,18,20H,4,7-8,11-12H2,1H3,(H,24,28)(H,25,27)/t14?,15?,18-,20+/m1/s1. The highest BCUT2D eigenvalue weighted by Gasteiger charge is 2.36. The average Bonchev–Trinajstić information content (AvgIpc) is 2.75. The zero-order valence-electron chi connectivity index (χ0n) is 16.5. The summed E-state index contributed by atoms with van der Waals surface area (Å²) in [6.45, 7) is 1.68. The van der Waals surface area contributed by atoms with E-state index >= 15 is 0 Å². The summed E-state index contributed by atoms with van der Waals surface area (Å²) >= 11 is 0. The van der Waals surface area contributed by atoms with Gasteiger partial charge in [0.1, 0.15) is 6.04 Å². The SMILES string of the molecule is CC(C(=O)N[C@@H]1CCC(=O)N[C@H]1C1CC=CCC1)n1ncc2ccccc2c1=O. The van der Waals surface area contributed by atoms with Crippen molar-refractivity contribution in [2.75, 3.05) is 0 Å². The molecule has 0 bridgehead atoms. The first-order valence-electron chi connectivity index (χ1n) is 10.3. The fourth-order valence-corrected chi connectivity index (χ4v) is 4.37. The van der Waals surface area contributed by atoms with Crippen LogP contribution in [0, 0.1) is 5.92 Å². The Morgan fingerprint density at radius 3 is 2.86 bits per heavy atom. The van der Waals surface area contributed by atoms with Gasteiger partial charge in [0.25, 0.3) is 5.56 Å². The van der Waals surface area contributed by atoms with E-state index in [1.807, 2.05) is 12.1 Å². The maximum atomic E-state index is 13.0. The van der Waals surface area contributed by atoms with Gasteiger partial charge in [0.2, 0.25) is 11.8 Å². The van der Waals surface area contributed by atoms with Crippen LogP contribution in [-0.4, -0.2) is 33.7 Å². The molecule has 1 saturated heterocycles. The lowest BCUT2D eigenvalue weighted by Gasteiger charge is -2.39. The van der Waals surface area contributed by atoms with E-state index in [9.17, 15) is 14.4 Å². The molecule has 2 amide bonds. The summed E-state index contributed by atoms with van der Waals surface area (Å²) in [6, 6.07) is 6.25. The van der Waals surface area contributed by atoms with Crippen molar-refractivity contribution < 1.29 is 9.59 Å². The van der Waals surface area contributed by atoms with Crippen molar-refractivity contribution in [1.82, 2.24) is 20.4 Å². The van der Waals surface area contributed by atoms with Crippen LogP contribution in [0.1, 0.15) is 45.1 Å². The van der Waals surface area contributed by atoms with Crippen molar-refractivity contribution >= 4 is 22.6 Å². The molecule has 2 unspecified atom stereocenters. The van der Waals surface area contributed by atoms with Gasteiger partial charge in [0, 0.05) is 17.8 Å². The Balaban J connectivity index is 1.53. The van der Waals surface area contributed by atoms with Crippen molar-refractivity contribution in [1.29, 1.82) is 0 Å². The van der Waals surface area contributed by atoms with Gasteiger partial charge in [-0.05, 0) is 44.6 Å². The molecule has 1 aromatic heterocycles. The Bertz CT molecular complexity index is 1010. The molecule has 1 aliphatic carbocycles. The molecular formula is C22H26N4O3. The second-order valence-corrected chi connectivity index (χ2v) is 7.95. The van der Waals surface area contributed by atoms with E-state index in [1.165, 1.54) is 4.68 Å². The monoisotopic (exact) mass is 394 g/mol. The van der Waals surface area contributed by atoms with Crippen molar-refractivity contribution in [3.63, 3.8) is 0 Å². The highest BCUT2D eigenvalue weighted by molar-refractivity contribution is 5.83. The number of piperidine rings is 1. The number of carbonyl (C=O) groups excluding carboxylic acids is 2. The molecular weight excluding hydrogens is 368 g/mol. The van der Waals surface area contributed by atoms with E-state index in [1.54, 1.807) is 25.3 Å². The lowest BCUT2D eigenvalue weighted by Crippen LogP contribution is -2.59. The third-order valence-corrected chi connectivity index (χ3v) is 6.06. The Morgan fingerprint density at radius 2 is 2.07 bits per heavy atom. The highest BCUT2D eigenvalue weighted by atomic mass is 16.2. The van der Waals surface area contributed by atoms with Crippen LogP contribution in [0.2, 0.25) is 0 Å². The van der Waals surface area contributed by atoms with Gasteiger partial charge < -0.3 is 10.6 Å². The molecule has 2 N–H and O–H groups in total. The van der Waals surface area contributed by atoms with Gasteiger partial charge in [-0.1, -0.05) is 30.4 Å². The highest BCUT2D eigenvalue weighted by Crippen LogP contribution is 2.27. The largest absolute Gasteiger partial charge is 0.351 e. The van der Waals surface area contributed by atoms with Crippen LogP contribution < -0.4 is 16.2 Å². The molecule has 1 aliphatic heterocycles. The minimum Gasteiger partial charge on any atom is -0.351 e. The van der Waals surface area contributed by atoms with Gasteiger partial charge in [-0.15, -0.1) is 0 Å². The summed E-state index contributed by atoms with van der Waals surface area (Å²) in [6.07, 6.45) is 9.81. The Labute approximate surface area is 169 Å². The number of allylic oxidation sites excluding steroid dienone is 2. The molecule has 152 valence electrons. The Hall–Kier alpha value is -2.96. The maximum absolute atomic E-state index is 13.0. The van der Waals surface area contributed by atoms with E-state index in [0.29, 0.717) is 24.1 Å². The van der Waals surface area contributed by atoms with Crippen molar-refractivity contribution in [2.24, 2.45) is 5.92 Å². The smallest absolute Gasteiger partial charge is 0.275 e. The van der Waals surface area contributed by atoms with Crippen LogP contribution in [0.4, 0.5) is 0 Å². The van der Waals surface area contributed by atoms with E-state index in [0.717, 1.165) is 24.6 Å². The zero-order chi connectivity index (χ0) is 20.4. The van der Waals surface area contributed by atoms with Gasteiger partial charge in [-0.25, -0.2) is 4.68 Å². The summed E-state index contributed by atoms with van der Waals surface area (Å²) < 4.78 is 1.23. The van der Waals surface area contributed by atoms with Gasteiger partial charge in [-0.3, -0.25) is 14.4 Å². The topological polar surface area (TPSA) is 93.1 Å². The van der Waals surface area contributed by atoms with Crippen LogP contribution in [0.25, 0.3) is 10.8 Å². The molecule has 0 saturated carbocycles. The summed E-state index contributed by atoms with van der Waals surface area (Å²) in [5, 5.41) is 11.7. The van der Waals surface area contributed by atoms with E-state index in [4.69, 9.17) is 0 Å². The third kappa shape index (κ3) is 3.95. The zero-order valence-corrected chi connectivity index (χ0v) is 16.5. The number of hydrogen-bond donors (Lipinski definition) is 2. The fourth-order valence-electron chi connectivity index (χ4n) is 4.37. The molecule has 0 spiro atoms. The number of carbonyl (C=O) groups is 2. The molecule has 4 atom stereocenters. The number of amides is 2. The minimum atomic E-state index is -0.739. The molecule has 1 fully saturated rings. The summed E-state index contributed by atoms with van der Waals surface area (Å²) in [7, 11) is 0. The van der Waals surface area contributed by atoms with Gasteiger partial charge in [-0.2, -0.15) is 5.10 Å². The van der Waals surface area contributed by atoms with Crippen molar-refractivity contribution in [3.05, 3.63) is 53.0 Å². The average molecular weight is 394 g/mol. The molecule has 2 aliphatic rings. The summed E-state index contributed by atoms with van der Waals surface area (Å²) in [4.78, 5) is 37.7. The second kappa shape index (κ2) is 8.19. The van der Waals surface area contributed by atoms with Crippen LogP contribution in [0.15, 0.2) is 47.4 Å². The number of benzene rings is 1. The lowest BCUT2D eigenvalue weighted by atomic mass is 9.81. The Kier molecular flexibility index (Phi) is 5.47. The summed E-state index contributed by atoms with van der Waals surface area (Å²) in [5.74, 6) is 0.0919. The molecule has 2 aromatic rings. The minimum absolute atomic E-state index is 0.0375. The summed E-state index contributed by atoms with van der Waals surface area (Å²) in [5.41, 5.74) is -0.281. The molecule has 2 heterocycles. The predicted molar refractivity (Wildman–Crippen MR) is 110 cm³/mol. The molecule has 1 aromatic carbocycles. The third-order valence-electron chi connectivity index (χ3n) is 6.06. The predicted octanol–water partition coefficient (Wildman–Crippen LogP) is 2.08. The van der Waals surface area contributed by atoms with E-state index in [2.05, 4.69) is 27.9 Å². The first kappa shape index (κ1) is 19.4. The first-order valence-corrected chi connectivity index (χ1v) is 10.3. The molecule has 7 heteroatoms. The Morgan fingerprint density at radius 1 is 1.24 bits per heavy atom. The number of rotatable bonds is 4. The van der Waals surface area contributed by atoms with E-state index in [-0.39, 0.29) is 29.5 Å². The van der Waals surface area contributed by atoms with Crippen LogP contribution in [0.3, 0.4) is 0 Å². The lowest BCUT2D eigenvalue weighted by molar-refractivity contribution is -0.129. The van der Waals surface area contributed by atoms with Gasteiger partial charge >= 0.3 is 0 Å². The molecule has 7 nitrogen and oxygen atoms in total. The van der Waals surface area contributed by atoms with Crippen molar-refractivity contribution in [2.45, 2.75) is 57.2 Å². The van der Waals surface area contributed by atoms with Crippen LogP contribution >= 0.6 is 0 Å². The second-order valence-electron chi connectivity index (χ2n) is 7.95. The number of hydrogen-bond acceptors (Lipinski definition) is 4. The molecule has 4 rings (SSSR count). The van der Waals surface area contributed by atoms with Gasteiger partial charge in [0.15, 0.2) is 0 Å². The number of nitrogens with one attached hydrogen (secondary N) is 2. The molecule has 0 radical (unpaired) electrons. The van der Waals surface area contributed by atoms with Crippen LogP contribution in [-0.2, 0) is 9.59 Å². The van der Waals surface area contributed by atoms with Crippen LogP contribution in [0.5, 0.6) is 0 Å². The number of fused-ring (bicyclic) bond motifs is 1. The fraction of sp³-hybridized carbons (Fsp3) is 0.455. The van der Waals surface area contributed by atoms with Gasteiger partial charge in [0.05, 0.1) is 17.6 Å².